The third kappa shape index (κ3) is 3.94. The van der Waals surface area contributed by atoms with Crippen molar-refractivity contribution in [3.63, 3.8) is 0 Å². The van der Waals surface area contributed by atoms with Gasteiger partial charge >= 0.3 is 0 Å². The summed E-state index contributed by atoms with van der Waals surface area (Å²) < 4.78 is 9.17. The van der Waals surface area contributed by atoms with Crippen LogP contribution in [-0.2, 0) is 10.8 Å². The van der Waals surface area contributed by atoms with Gasteiger partial charge in [-0.2, -0.15) is 0 Å². The zero-order valence-electron chi connectivity index (χ0n) is 34.5. The highest BCUT2D eigenvalue weighted by Crippen LogP contribution is 2.67. The first-order valence-corrected chi connectivity index (χ1v) is 22.8. The van der Waals surface area contributed by atoms with Crippen molar-refractivity contribution in [1.29, 1.82) is 0 Å². The van der Waals surface area contributed by atoms with Crippen LogP contribution < -0.4 is 0 Å². The molecule has 65 heavy (non-hydrogen) atoms. The second-order valence-electron chi connectivity index (χ2n) is 17.6. The summed E-state index contributed by atoms with van der Waals surface area (Å²) in [5.74, 6) is 0. The second kappa shape index (κ2) is 11.9. The Labute approximate surface area is 375 Å². The lowest BCUT2D eigenvalue weighted by Crippen LogP contribution is -2.33. The van der Waals surface area contributed by atoms with Crippen LogP contribution in [0.15, 0.2) is 203 Å². The SMILES string of the molecule is c1ccc2c(c1)Sc1cc3c(cc1C21c2cccnc2-c2ncc(-n4c5ccccc5c5ccc6c7ccccc7oc6c54)cc21)-c1ccccc1C31c2ccncc2-c2ncccc21. The van der Waals surface area contributed by atoms with Gasteiger partial charge in [0.05, 0.1) is 50.8 Å². The van der Waals surface area contributed by atoms with Gasteiger partial charge in [0.25, 0.3) is 0 Å². The number of nitrogens with zero attached hydrogens (tertiary/aromatic N) is 5. The van der Waals surface area contributed by atoms with Gasteiger partial charge in [0.2, 0.25) is 0 Å². The zero-order chi connectivity index (χ0) is 42.2. The van der Waals surface area contributed by atoms with Crippen LogP contribution in [-0.4, -0.2) is 24.5 Å². The highest BCUT2D eigenvalue weighted by atomic mass is 32.2. The van der Waals surface area contributed by atoms with Gasteiger partial charge in [-0.25, -0.2) is 0 Å². The molecule has 0 saturated heterocycles. The molecule has 0 N–H and O–H groups in total. The number of benzene rings is 6. The Bertz CT molecular complexity index is 4100. The number of pyridine rings is 4. The smallest absolute Gasteiger partial charge is 0.160 e. The van der Waals surface area contributed by atoms with Crippen LogP contribution in [0.4, 0.5) is 0 Å². The molecule has 6 nitrogen and oxygen atoms in total. The molecule has 2 atom stereocenters. The third-order valence-electron chi connectivity index (χ3n) is 14.9. The summed E-state index contributed by atoms with van der Waals surface area (Å²) >= 11 is 1.86. The lowest BCUT2D eigenvalue weighted by molar-refractivity contribution is 0.671. The van der Waals surface area contributed by atoms with E-state index in [0.717, 1.165) is 77.8 Å². The number of aromatic nitrogens is 5. The molecule has 3 aliphatic carbocycles. The van der Waals surface area contributed by atoms with Crippen LogP contribution in [0.5, 0.6) is 0 Å². The molecule has 0 bridgehead atoms. The maximum absolute atomic E-state index is 6.80. The molecule has 2 unspecified atom stereocenters. The van der Waals surface area contributed by atoms with Crippen LogP contribution >= 0.6 is 11.8 Å². The largest absolute Gasteiger partial charge is 0.454 e. The van der Waals surface area contributed by atoms with Gasteiger partial charge in [-0.05, 0) is 111 Å². The fraction of sp³-hybridized carbons (Fsp3) is 0.0345. The first-order valence-electron chi connectivity index (χ1n) is 22.0. The van der Waals surface area contributed by atoms with Crippen molar-refractivity contribution < 1.29 is 4.42 Å². The standard InChI is InChI=1S/C58H31N5OS/c1-4-14-40-33(11-1)38-28-46-51(29-45(38)57(40)41-23-26-59-31-39(41)52-43(57)16-9-24-60-52)65-50-20-8-5-15-42(50)58(46)44-17-10-25-61-53(44)54-47(58)27-32(30-62-54)63-48-18-6-2-12-34(48)36-21-22-37-35-13-3-7-19-49(35)64-56(37)55(36)63/h1-31H. The van der Waals surface area contributed by atoms with Crippen LogP contribution in [0.2, 0.25) is 0 Å². The van der Waals surface area contributed by atoms with Gasteiger partial charge in [0.1, 0.15) is 5.58 Å². The molecule has 4 aliphatic rings. The molecule has 300 valence electrons. The number of fused-ring (bicyclic) bond motifs is 26. The van der Waals surface area contributed by atoms with E-state index in [4.69, 9.17) is 19.4 Å². The Morgan fingerprint density at radius 2 is 1.14 bits per heavy atom. The van der Waals surface area contributed by atoms with Gasteiger partial charge in [-0.1, -0.05) is 109 Å². The normalized spacial score (nSPS) is 17.9. The Kier molecular flexibility index (Phi) is 6.29. The molecule has 7 heteroatoms. The quantitative estimate of drug-likeness (QED) is 0.164. The number of hydrogen-bond donors (Lipinski definition) is 0. The van der Waals surface area contributed by atoms with Gasteiger partial charge in [0.15, 0.2) is 5.58 Å². The molecule has 0 radical (unpaired) electrons. The Balaban J connectivity index is 1.03. The summed E-state index contributed by atoms with van der Waals surface area (Å²) in [5, 5.41) is 4.51. The van der Waals surface area contributed by atoms with Gasteiger partial charge < -0.3 is 8.98 Å². The molecule has 6 aromatic carbocycles. The molecule has 12 aromatic rings. The molecule has 16 rings (SSSR count). The van der Waals surface area contributed by atoms with E-state index in [9.17, 15) is 0 Å². The van der Waals surface area contributed by atoms with Crippen molar-refractivity contribution >= 4 is 55.5 Å². The van der Waals surface area contributed by atoms with Gasteiger partial charge in [-0.3, -0.25) is 19.9 Å². The topological polar surface area (TPSA) is 69.6 Å². The maximum atomic E-state index is 6.80. The molecule has 6 aromatic heterocycles. The fourth-order valence-corrected chi connectivity index (χ4v) is 13.8. The van der Waals surface area contributed by atoms with E-state index in [1.165, 1.54) is 59.7 Å². The predicted octanol–water partition coefficient (Wildman–Crippen LogP) is 13.4. The Hall–Kier alpha value is -8.13. The minimum atomic E-state index is -0.733. The minimum Gasteiger partial charge on any atom is -0.454 e. The number of hydrogen-bond acceptors (Lipinski definition) is 6. The first kappa shape index (κ1) is 34.4. The molecule has 7 heterocycles. The van der Waals surface area contributed by atoms with Crippen LogP contribution in [0.25, 0.3) is 83.2 Å². The monoisotopic (exact) mass is 845 g/mol. The molecule has 2 spiro atoms. The number of para-hydroxylation sites is 2. The van der Waals surface area contributed by atoms with Crippen molar-refractivity contribution in [2.75, 3.05) is 0 Å². The highest BCUT2D eigenvalue weighted by molar-refractivity contribution is 7.99. The summed E-state index contributed by atoms with van der Waals surface area (Å²) in [6.45, 7) is 0. The van der Waals surface area contributed by atoms with E-state index in [-0.39, 0.29) is 0 Å². The van der Waals surface area contributed by atoms with Crippen molar-refractivity contribution in [2.24, 2.45) is 0 Å². The lowest BCUT2D eigenvalue weighted by atomic mass is 9.66. The van der Waals surface area contributed by atoms with Gasteiger partial charge in [0, 0.05) is 67.3 Å². The molecule has 0 amide bonds. The molecule has 0 fully saturated rings. The minimum absolute atomic E-state index is 0.548. The average Bonchev–Trinajstić information content (AvgIpc) is 4.14. The summed E-state index contributed by atoms with van der Waals surface area (Å²) in [6.07, 6.45) is 9.78. The summed E-state index contributed by atoms with van der Waals surface area (Å²) in [6, 6.07) is 57.8. The molecular weight excluding hydrogens is 815 g/mol. The van der Waals surface area contributed by atoms with Crippen molar-refractivity contribution in [1.82, 2.24) is 24.5 Å². The summed E-state index contributed by atoms with van der Waals surface area (Å²) in [7, 11) is 0. The van der Waals surface area contributed by atoms with Crippen molar-refractivity contribution in [3.05, 3.63) is 233 Å². The van der Waals surface area contributed by atoms with E-state index < -0.39 is 10.8 Å². The Morgan fingerprint density at radius 3 is 2.06 bits per heavy atom. The average molecular weight is 846 g/mol. The summed E-state index contributed by atoms with van der Waals surface area (Å²) in [5.41, 5.74) is 19.6. The van der Waals surface area contributed by atoms with E-state index >= 15 is 0 Å². The highest BCUT2D eigenvalue weighted by Gasteiger charge is 2.56. The second-order valence-corrected chi connectivity index (χ2v) is 18.7. The third-order valence-corrected chi connectivity index (χ3v) is 16.0. The van der Waals surface area contributed by atoms with E-state index in [1.54, 1.807) is 0 Å². The van der Waals surface area contributed by atoms with E-state index in [0.29, 0.717) is 0 Å². The number of furan rings is 1. The summed E-state index contributed by atoms with van der Waals surface area (Å²) in [4.78, 5) is 22.7. The van der Waals surface area contributed by atoms with E-state index in [2.05, 4.69) is 161 Å². The maximum Gasteiger partial charge on any atom is 0.160 e. The fourth-order valence-electron chi connectivity index (χ4n) is 12.5. The number of rotatable bonds is 1. The predicted molar refractivity (Wildman–Crippen MR) is 257 cm³/mol. The molecule has 0 saturated carbocycles. The van der Waals surface area contributed by atoms with Crippen LogP contribution in [0.1, 0.15) is 44.5 Å². The first-order chi connectivity index (χ1) is 32.2. The van der Waals surface area contributed by atoms with Gasteiger partial charge in [-0.15, -0.1) is 0 Å². The zero-order valence-corrected chi connectivity index (χ0v) is 35.3. The van der Waals surface area contributed by atoms with Crippen molar-refractivity contribution in [3.8, 4) is 39.5 Å². The molecular formula is C58H31N5OS. The lowest BCUT2D eigenvalue weighted by Gasteiger charge is -2.40. The van der Waals surface area contributed by atoms with E-state index in [1.807, 2.05) is 48.8 Å². The Morgan fingerprint density at radius 1 is 0.431 bits per heavy atom. The van der Waals surface area contributed by atoms with Crippen LogP contribution in [0.3, 0.4) is 0 Å². The van der Waals surface area contributed by atoms with Crippen molar-refractivity contribution in [2.45, 2.75) is 20.6 Å². The van der Waals surface area contributed by atoms with Crippen LogP contribution in [0, 0.1) is 0 Å². The molecule has 1 aliphatic heterocycles.